The number of rotatable bonds is 7. The Balaban J connectivity index is 2.09. The van der Waals surface area contributed by atoms with Crippen molar-refractivity contribution in [1.29, 1.82) is 0 Å². The Morgan fingerprint density at radius 1 is 1.29 bits per heavy atom. The van der Waals surface area contributed by atoms with Gasteiger partial charge in [0.15, 0.2) is 0 Å². The number of benzene rings is 1. The zero-order valence-electron chi connectivity index (χ0n) is 13.9. The van der Waals surface area contributed by atoms with Crippen LogP contribution in [0.25, 0.3) is 6.08 Å². The van der Waals surface area contributed by atoms with Crippen molar-refractivity contribution < 1.29 is 14.3 Å². The molecule has 6 nitrogen and oxygen atoms in total. The molecule has 2 rings (SSSR count). The first-order valence-electron chi connectivity index (χ1n) is 7.73. The van der Waals surface area contributed by atoms with E-state index in [1.54, 1.807) is 30.1 Å². The Kier molecular flexibility index (Phi) is 6.31. The minimum Gasteiger partial charge on any atom is -0.465 e. The molecule has 0 atom stereocenters. The van der Waals surface area contributed by atoms with Gasteiger partial charge in [-0.1, -0.05) is 30.3 Å². The summed E-state index contributed by atoms with van der Waals surface area (Å²) in [5.74, 6) is -0.674. The lowest BCUT2D eigenvalue weighted by Gasteiger charge is -2.20. The first-order valence-corrected chi connectivity index (χ1v) is 7.73. The molecule has 0 aliphatic heterocycles. The van der Waals surface area contributed by atoms with Crippen LogP contribution < -0.4 is 0 Å². The lowest BCUT2D eigenvalue weighted by Crippen LogP contribution is -2.35. The number of hydrogen-bond acceptors (Lipinski definition) is 4. The highest BCUT2D eigenvalue weighted by molar-refractivity contribution is 5.93. The van der Waals surface area contributed by atoms with Gasteiger partial charge in [0, 0.05) is 31.4 Å². The Labute approximate surface area is 141 Å². The van der Waals surface area contributed by atoms with Crippen molar-refractivity contribution >= 4 is 18.0 Å². The Morgan fingerprint density at radius 3 is 2.67 bits per heavy atom. The Bertz CT molecular complexity index is 707. The van der Waals surface area contributed by atoms with Gasteiger partial charge >= 0.3 is 5.97 Å². The van der Waals surface area contributed by atoms with Crippen molar-refractivity contribution in [2.75, 3.05) is 13.2 Å². The molecule has 0 bridgehead atoms. The van der Waals surface area contributed by atoms with E-state index in [1.165, 1.54) is 11.0 Å². The highest BCUT2D eigenvalue weighted by atomic mass is 16.5. The second-order valence-electron chi connectivity index (χ2n) is 5.27. The second kappa shape index (κ2) is 8.67. The van der Waals surface area contributed by atoms with Crippen LogP contribution in [0.2, 0.25) is 0 Å². The van der Waals surface area contributed by atoms with Crippen molar-refractivity contribution in [3.8, 4) is 0 Å². The average molecular weight is 327 g/mol. The van der Waals surface area contributed by atoms with Crippen molar-refractivity contribution in [2.45, 2.75) is 13.5 Å². The minimum absolute atomic E-state index is 0.0844. The first kappa shape index (κ1) is 17.5. The van der Waals surface area contributed by atoms with E-state index in [9.17, 15) is 9.59 Å². The molecule has 1 heterocycles. The summed E-state index contributed by atoms with van der Waals surface area (Å²) in [6, 6.07) is 9.53. The van der Waals surface area contributed by atoms with Gasteiger partial charge in [-0.15, -0.1) is 0 Å². The topological polar surface area (TPSA) is 64.4 Å². The van der Waals surface area contributed by atoms with Gasteiger partial charge in [0.2, 0.25) is 5.91 Å². The van der Waals surface area contributed by atoms with Crippen molar-refractivity contribution in [1.82, 2.24) is 14.7 Å². The summed E-state index contributed by atoms with van der Waals surface area (Å²) in [4.78, 5) is 25.7. The molecule has 126 valence electrons. The smallest absolute Gasteiger partial charge is 0.325 e. The van der Waals surface area contributed by atoms with E-state index in [-0.39, 0.29) is 19.1 Å². The number of nitrogens with zero attached hydrogens (tertiary/aromatic N) is 3. The highest BCUT2D eigenvalue weighted by Crippen LogP contribution is 2.07. The first-order chi connectivity index (χ1) is 11.6. The highest BCUT2D eigenvalue weighted by Gasteiger charge is 2.16. The summed E-state index contributed by atoms with van der Waals surface area (Å²) in [5, 5.41) is 4.05. The lowest BCUT2D eigenvalue weighted by atomic mass is 10.2. The molecule has 0 radical (unpaired) electrons. The van der Waals surface area contributed by atoms with Crippen LogP contribution in [0.5, 0.6) is 0 Å². The third-order valence-corrected chi connectivity index (χ3v) is 3.30. The van der Waals surface area contributed by atoms with Gasteiger partial charge in [-0.05, 0) is 18.6 Å². The van der Waals surface area contributed by atoms with Crippen LogP contribution >= 0.6 is 0 Å². The largest absolute Gasteiger partial charge is 0.465 e. The zero-order valence-corrected chi connectivity index (χ0v) is 13.9. The summed E-state index contributed by atoms with van der Waals surface area (Å²) in [5.41, 5.74) is 1.77. The Hall–Kier alpha value is -2.89. The standard InChI is InChI=1S/C18H21N3O3/c1-3-24-18(23)14-21(13-15-7-5-4-6-8-15)17(22)10-9-16-11-19-20(2)12-16/h4-12H,3,13-14H2,1-2H3/b10-9-. The number of carbonyl (C=O) groups excluding carboxylic acids is 2. The molecule has 1 aromatic carbocycles. The van der Waals surface area contributed by atoms with Gasteiger partial charge in [0.25, 0.3) is 0 Å². The lowest BCUT2D eigenvalue weighted by molar-refractivity contribution is -0.148. The summed E-state index contributed by atoms with van der Waals surface area (Å²) in [6.07, 6.45) is 6.59. The average Bonchev–Trinajstić information content (AvgIpc) is 2.98. The van der Waals surface area contributed by atoms with Crippen LogP contribution in [0, 0.1) is 0 Å². The fraction of sp³-hybridized carbons (Fsp3) is 0.278. The van der Waals surface area contributed by atoms with Gasteiger partial charge in [-0.2, -0.15) is 5.10 Å². The molecule has 2 aromatic rings. The summed E-state index contributed by atoms with van der Waals surface area (Å²) in [7, 11) is 1.81. The van der Waals surface area contributed by atoms with Crippen molar-refractivity contribution in [2.24, 2.45) is 7.05 Å². The van der Waals surface area contributed by atoms with E-state index in [1.807, 2.05) is 37.4 Å². The van der Waals surface area contributed by atoms with E-state index in [4.69, 9.17) is 4.74 Å². The van der Waals surface area contributed by atoms with E-state index in [0.29, 0.717) is 6.54 Å². The van der Waals surface area contributed by atoms with Gasteiger partial charge in [0.05, 0.1) is 12.8 Å². The third kappa shape index (κ3) is 5.39. The van der Waals surface area contributed by atoms with E-state index >= 15 is 0 Å². The van der Waals surface area contributed by atoms with Crippen molar-refractivity contribution in [3.63, 3.8) is 0 Å². The quantitative estimate of drug-likeness (QED) is 0.576. The summed E-state index contributed by atoms with van der Waals surface area (Å²) in [6.45, 7) is 2.29. The maximum absolute atomic E-state index is 12.5. The van der Waals surface area contributed by atoms with Crippen LogP contribution in [0.15, 0.2) is 48.8 Å². The molecule has 0 saturated carbocycles. The molecule has 0 unspecified atom stereocenters. The summed E-state index contributed by atoms with van der Waals surface area (Å²) < 4.78 is 6.61. The van der Waals surface area contributed by atoms with Crippen LogP contribution in [0.1, 0.15) is 18.1 Å². The van der Waals surface area contributed by atoms with Gasteiger partial charge < -0.3 is 9.64 Å². The molecular weight excluding hydrogens is 306 g/mol. The van der Waals surface area contributed by atoms with Crippen LogP contribution in [0.3, 0.4) is 0 Å². The van der Waals surface area contributed by atoms with Gasteiger partial charge in [-0.3, -0.25) is 14.3 Å². The number of ether oxygens (including phenoxy) is 1. The predicted octanol–water partition coefficient (Wildman–Crippen LogP) is 2.03. The van der Waals surface area contributed by atoms with Crippen molar-refractivity contribution in [3.05, 3.63) is 59.9 Å². The number of aryl methyl sites for hydroxylation is 1. The number of esters is 1. The van der Waals surface area contributed by atoms with Gasteiger partial charge in [0.1, 0.15) is 6.54 Å². The predicted molar refractivity (Wildman–Crippen MR) is 90.7 cm³/mol. The molecule has 0 aliphatic carbocycles. The molecule has 24 heavy (non-hydrogen) atoms. The number of amides is 1. The SMILES string of the molecule is CCOC(=O)CN(Cc1ccccc1)C(=O)/C=C\c1cnn(C)c1. The molecule has 0 aliphatic rings. The minimum atomic E-state index is -0.420. The molecule has 0 saturated heterocycles. The molecule has 1 aromatic heterocycles. The molecule has 6 heteroatoms. The maximum Gasteiger partial charge on any atom is 0.325 e. The van der Waals surface area contributed by atoms with E-state index in [2.05, 4.69) is 5.10 Å². The zero-order chi connectivity index (χ0) is 17.4. The van der Waals surface area contributed by atoms with E-state index < -0.39 is 5.97 Å². The molecular formula is C18H21N3O3. The molecule has 0 N–H and O–H groups in total. The third-order valence-electron chi connectivity index (χ3n) is 3.30. The van der Waals surface area contributed by atoms with E-state index in [0.717, 1.165) is 11.1 Å². The monoisotopic (exact) mass is 327 g/mol. The fourth-order valence-electron chi connectivity index (χ4n) is 2.18. The normalized spacial score (nSPS) is 10.8. The molecule has 0 spiro atoms. The van der Waals surface area contributed by atoms with Crippen LogP contribution in [0.4, 0.5) is 0 Å². The fourth-order valence-corrected chi connectivity index (χ4v) is 2.18. The molecule has 1 amide bonds. The van der Waals surface area contributed by atoms with Crippen LogP contribution in [-0.2, 0) is 27.9 Å². The number of carbonyl (C=O) groups is 2. The number of hydrogen-bond donors (Lipinski definition) is 0. The molecule has 0 fully saturated rings. The van der Waals surface area contributed by atoms with Gasteiger partial charge in [-0.25, -0.2) is 0 Å². The second-order valence-corrected chi connectivity index (χ2v) is 5.27. The number of aromatic nitrogens is 2. The Morgan fingerprint density at radius 2 is 2.04 bits per heavy atom. The van der Waals surface area contributed by atoms with Crippen LogP contribution in [-0.4, -0.2) is 39.7 Å². The summed E-state index contributed by atoms with van der Waals surface area (Å²) >= 11 is 0. The maximum atomic E-state index is 12.5.